The molecule has 1 fully saturated rings. The molecular formula is C20H26N4O2. The number of likely N-dealkylation sites (tertiary alicyclic amines) is 1. The Morgan fingerprint density at radius 1 is 1.19 bits per heavy atom. The second kappa shape index (κ2) is 6.34. The SMILES string of the molecule is COc1cccc(-c2cnc3n2CCC32CCN(C(=O)N(C)C)CC2)c1. The number of urea groups is 1. The van der Waals surface area contributed by atoms with Crippen molar-refractivity contribution in [3.05, 3.63) is 36.3 Å². The number of carbonyl (C=O) groups excluding carboxylic acids is 1. The van der Waals surface area contributed by atoms with Crippen molar-refractivity contribution >= 4 is 6.03 Å². The highest BCUT2D eigenvalue weighted by molar-refractivity contribution is 5.74. The summed E-state index contributed by atoms with van der Waals surface area (Å²) in [4.78, 5) is 20.7. The van der Waals surface area contributed by atoms with Crippen LogP contribution in [0, 0.1) is 0 Å². The van der Waals surface area contributed by atoms with Crippen LogP contribution in [0.25, 0.3) is 11.3 Å². The number of ether oxygens (including phenoxy) is 1. The zero-order valence-corrected chi connectivity index (χ0v) is 15.7. The summed E-state index contributed by atoms with van der Waals surface area (Å²) in [7, 11) is 5.32. The molecule has 0 N–H and O–H groups in total. The maximum Gasteiger partial charge on any atom is 0.319 e. The summed E-state index contributed by atoms with van der Waals surface area (Å²) in [6.07, 6.45) is 5.07. The predicted molar refractivity (Wildman–Crippen MR) is 100 cm³/mol. The Labute approximate surface area is 154 Å². The summed E-state index contributed by atoms with van der Waals surface area (Å²) in [6, 6.07) is 8.26. The summed E-state index contributed by atoms with van der Waals surface area (Å²) in [5.74, 6) is 2.05. The molecule has 138 valence electrons. The largest absolute Gasteiger partial charge is 0.497 e. The van der Waals surface area contributed by atoms with Crippen LogP contribution in [0.1, 0.15) is 25.1 Å². The number of rotatable bonds is 2. The van der Waals surface area contributed by atoms with Gasteiger partial charge in [0, 0.05) is 44.7 Å². The number of piperidine rings is 1. The predicted octanol–water partition coefficient (Wildman–Crippen LogP) is 2.98. The standard InChI is InChI=1S/C20H26N4O2/c1-22(2)19(25)23-10-7-20(8-11-23)9-12-24-17(14-21-18(20)24)15-5-4-6-16(13-15)26-3/h4-6,13-14H,7-12H2,1-3H3. The molecular weight excluding hydrogens is 328 g/mol. The smallest absolute Gasteiger partial charge is 0.319 e. The van der Waals surface area contributed by atoms with Crippen LogP contribution in [0.3, 0.4) is 0 Å². The van der Waals surface area contributed by atoms with Gasteiger partial charge in [-0.3, -0.25) is 0 Å². The molecule has 1 saturated heterocycles. The average molecular weight is 354 g/mol. The molecule has 6 nitrogen and oxygen atoms in total. The van der Waals surface area contributed by atoms with E-state index in [0.29, 0.717) is 0 Å². The van der Waals surface area contributed by atoms with Crippen LogP contribution in [0.15, 0.2) is 30.5 Å². The Bertz CT molecular complexity index is 819. The number of fused-ring (bicyclic) bond motifs is 2. The van der Waals surface area contributed by atoms with Crippen LogP contribution in [-0.4, -0.2) is 59.7 Å². The molecule has 2 aromatic rings. The van der Waals surface area contributed by atoms with E-state index >= 15 is 0 Å². The molecule has 1 aromatic carbocycles. The van der Waals surface area contributed by atoms with Crippen LogP contribution in [0.4, 0.5) is 4.79 Å². The van der Waals surface area contributed by atoms with Crippen molar-refractivity contribution in [3.8, 4) is 17.0 Å². The van der Waals surface area contributed by atoms with E-state index in [0.717, 1.165) is 55.9 Å². The number of imidazole rings is 1. The lowest BCUT2D eigenvalue weighted by molar-refractivity contribution is 0.136. The van der Waals surface area contributed by atoms with Gasteiger partial charge in [0.2, 0.25) is 0 Å². The molecule has 1 spiro atoms. The first-order valence-corrected chi connectivity index (χ1v) is 9.21. The van der Waals surface area contributed by atoms with E-state index in [4.69, 9.17) is 9.72 Å². The van der Waals surface area contributed by atoms with E-state index in [2.05, 4.69) is 16.7 Å². The average Bonchev–Trinajstić information content (AvgIpc) is 3.24. The van der Waals surface area contributed by atoms with Gasteiger partial charge in [-0.25, -0.2) is 9.78 Å². The van der Waals surface area contributed by atoms with Gasteiger partial charge in [0.1, 0.15) is 11.6 Å². The quantitative estimate of drug-likeness (QED) is 0.833. The third-order valence-electron chi connectivity index (χ3n) is 5.88. The highest BCUT2D eigenvalue weighted by Gasteiger charge is 2.44. The summed E-state index contributed by atoms with van der Waals surface area (Å²) in [5.41, 5.74) is 2.41. The lowest BCUT2D eigenvalue weighted by Gasteiger charge is -2.39. The number of carbonyl (C=O) groups is 1. The minimum atomic E-state index is 0.109. The van der Waals surface area contributed by atoms with Crippen LogP contribution in [0.5, 0.6) is 5.75 Å². The molecule has 0 saturated carbocycles. The van der Waals surface area contributed by atoms with E-state index in [1.807, 2.05) is 37.3 Å². The number of nitrogens with zero attached hydrogens (tertiary/aromatic N) is 4. The maximum atomic E-state index is 12.2. The molecule has 1 aromatic heterocycles. The van der Waals surface area contributed by atoms with E-state index in [-0.39, 0.29) is 11.4 Å². The first-order valence-electron chi connectivity index (χ1n) is 9.21. The van der Waals surface area contributed by atoms with Crippen molar-refractivity contribution in [2.24, 2.45) is 0 Å². The Kier molecular flexibility index (Phi) is 4.13. The lowest BCUT2D eigenvalue weighted by Crippen LogP contribution is -2.48. The molecule has 0 bridgehead atoms. The van der Waals surface area contributed by atoms with Gasteiger partial charge in [-0.05, 0) is 31.4 Å². The fourth-order valence-electron chi connectivity index (χ4n) is 4.36. The van der Waals surface area contributed by atoms with Crippen LogP contribution in [-0.2, 0) is 12.0 Å². The van der Waals surface area contributed by atoms with Crippen LogP contribution >= 0.6 is 0 Å². The van der Waals surface area contributed by atoms with Crippen LogP contribution in [0.2, 0.25) is 0 Å². The van der Waals surface area contributed by atoms with Crippen LogP contribution < -0.4 is 4.74 Å². The normalized spacial score (nSPS) is 18.0. The zero-order chi connectivity index (χ0) is 18.3. The number of methoxy groups -OCH3 is 1. The van der Waals surface area contributed by atoms with Gasteiger partial charge < -0.3 is 19.1 Å². The molecule has 0 radical (unpaired) electrons. The minimum Gasteiger partial charge on any atom is -0.497 e. The minimum absolute atomic E-state index is 0.109. The molecule has 2 aliphatic heterocycles. The van der Waals surface area contributed by atoms with E-state index in [1.54, 1.807) is 12.0 Å². The van der Waals surface area contributed by atoms with Gasteiger partial charge in [-0.1, -0.05) is 12.1 Å². The number of hydrogen-bond donors (Lipinski definition) is 0. The first-order chi connectivity index (χ1) is 12.5. The summed E-state index contributed by atoms with van der Waals surface area (Å²) < 4.78 is 7.72. The molecule has 6 heteroatoms. The van der Waals surface area contributed by atoms with E-state index in [1.165, 1.54) is 5.82 Å². The van der Waals surface area contributed by atoms with Crippen molar-refractivity contribution in [2.45, 2.75) is 31.2 Å². The second-order valence-corrected chi connectivity index (χ2v) is 7.55. The third kappa shape index (κ3) is 2.64. The van der Waals surface area contributed by atoms with Gasteiger partial charge in [0.25, 0.3) is 0 Å². The van der Waals surface area contributed by atoms with Crippen molar-refractivity contribution in [1.29, 1.82) is 0 Å². The number of amides is 2. The van der Waals surface area contributed by atoms with Gasteiger partial charge >= 0.3 is 6.03 Å². The third-order valence-corrected chi connectivity index (χ3v) is 5.88. The first kappa shape index (κ1) is 16.9. The van der Waals surface area contributed by atoms with Gasteiger partial charge in [0.15, 0.2) is 0 Å². The maximum absolute atomic E-state index is 12.2. The zero-order valence-electron chi connectivity index (χ0n) is 15.7. The number of hydrogen-bond acceptors (Lipinski definition) is 3. The van der Waals surface area contributed by atoms with Crippen molar-refractivity contribution in [2.75, 3.05) is 34.3 Å². The molecule has 26 heavy (non-hydrogen) atoms. The van der Waals surface area contributed by atoms with Gasteiger partial charge in [0.05, 0.1) is 19.0 Å². The monoisotopic (exact) mass is 354 g/mol. The second-order valence-electron chi connectivity index (χ2n) is 7.55. The molecule has 3 heterocycles. The molecule has 0 unspecified atom stereocenters. The summed E-state index contributed by atoms with van der Waals surface area (Å²) in [6.45, 7) is 2.60. The molecule has 2 amide bonds. The van der Waals surface area contributed by atoms with E-state index in [9.17, 15) is 4.79 Å². The van der Waals surface area contributed by atoms with Crippen molar-refractivity contribution < 1.29 is 9.53 Å². The van der Waals surface area contributed by atoms with E-state index < -0.39 is 0 Å². The molecule has 2 aliphatic rings. The molecule has 0 atom stereocenters. The van der Waals surface area contributed by atoms with Gasteiger partial charge in [-0.2, -0.15) is 0 Å². The summed E-state index contributed by atoms with van der Waals surface area (Å²) in [5, 5.41) is 0. The Balaban J connectivity index is 1.58. The molecule has 4 rings (SSSR count). The Morgan fingerprint density at radius 3 is 2.62 bits per heavy atom. The summed E-state index contributed by atoms with van der Waals surface area (Å²) >= 11 is 0. The number of benzene rings is 1. The van der Waals surface area contributed by atoms with Crippen molar-refractivity contribution in [3.63, 3.8) is 0 Å². The fraction of sp³-hybridized carbons (Fsp3) is 0.500. The highest BCUT2D eigenvalue weighted by atomic mass is 16.5. The van der Waals surface area contributed by atoms with Gasteiger partial charge in [-0.15, -0.1) is 0 Å². The molecule has 0 aliphatic carbocycles. The fourth-order valence-corrected chi connectivity index (χ4v) is 4.36. The topological polar surface area (TPSA) is 50.6 Å². The van der Waals surface area contributed by atoms with Crippen molar-refractivity contribution in [1.82, 2.24) is 19.4 Å². The highest BCUT2D eigenvalue weighted by Crippen LogP contribution is 2.44. The lowest BCUT2D eigenvalue weighted by atomic mass is 9.77. The Hall–Kier alpha value is -2.50. The Morgan fingerprint density at radius 2 is 1.92 bits per heavy atom. The number of aromatic nitrogens is 2.